The Morgan fingerprint density at radius 3 is 2.65 bits per heavy atom. The zero-order valence-electron chi connectivity index (χ0n) is 11.8. The maximum Gasteiger partial charge on any atom is 0.123 e. The molecule has 2 nitrogen and oxygen atoms in total. The Hall–Kier alpha value is -0.900. The first-order valence-corrected chi connectivity index (χ1v) is 8.42. The van der Waals surface area contributed by atoms with Crippen molar-refractivity contribution in [3.05, 3.63) is 40.9 Å². The van der Waals surface area contributed by atoms with Crippen molar-refractivity contribution < 1.29 is 4.74 Å². The average Bonchev–Trinajstić information content (AvgIpc) is 2.97. The maximum atomic E-state index is 5.77. The second-order valence-corrected chi connectivity index (χ2v) is 5.86. The number of ether oxygens (including phenoxy) is 1. The number of unbranched alkanes of at least 4 members (excludes halogenated alkanes) is 2. The number of hydrogen-bond donors (Lipinski definition) is 0. The number of benzene rings is 1. The van der Waals surface area contributed by atoms with Crippen LogP contribution in [0.2, 0.25) is 0 Å². The summed E-state index contributed by atoms with van der Waals surface area (Å²) in [6, 6.07) is 8.41. The number of nitrogens with zero attached hydrogens (tertiary/aromatic N) is 1. The van der Waals surface area contributed by atoms with Crippen molar-refractivity contribution in [2.24, 2.45) is 0 Å². The molecule has 1 aromatic carbocycles. The van der Waals surface area contributed by atoms with Gasteiger partial charge in [-0.25, -0.2) is 4.98 Å². The van der Waals surface area contributed by atoms with Gasteiger partial charge in [0.2, 0.25) is 0 Å². The van der Waals surface area contributed by atoms with Crippen molar-refractivity contribution in [1.29, 1.82) is 0 Å². The summed E-state index contributed by atoms with van der Waals surface area (Å²) in [4.78, 5) is 4.48. The van der Waals surface area contributed by atoms with E-state index in [-0.39, 0.29) is 0 Å². The summed E-state index contributed by atoms with van der Waals surface area (Å²) in [6.45, 7) is 3.74. The summed E-state index contributed by atoms with van der Waals surface area (Å²) in [6.07, 6.45) is 3.62. The highest BCUT2D eigenvalue weighted by Gasteiger charge is 2.04. The Morgan fingerprint density at radius 2 is 2.00 bits per heavy atom. The van der Waals surface area contributed by atoms with E-state index in [1.54, 1.807) is 11.3 Å². The topological polar surface area (TPSA) is 22.1 Å². The molecule has 0 aliphatic carbocycles. The number of hydrogen-bond acceptors (Lipinski definition) is 3. The zero-order chi connectivity index (χ0) is 14.2. The highest BCUT2D eigenvalue weighted by molar-refractivity contribution is 7.13. The van der Waals surface area contributed by atoms with Gasteiger partial charge in [0.1, 0.15) is 5.01 Å². The molecule has 1 heterocycles. The van der Waals surface area contributed by atoms with E-state index in [9.17, 15) is 0 Å². The largest absolute Gasteiger partial charge is 0.377 e. The van der Waals surface area contributed by atoms with Crippen LogP contribution in [0.1, 0.15) is 37.4 Å². The Kier molecular flexibility index (Phi) is 6.51. The summed E-state index contributed by atoms with van der Waals surface area (Å²) in [5, 5.41) is 3.03. The molecule has 0 amide bonds. The van der Waals surface area contributed by atoms with Crippen LogP contribution in [0.25, 0.3) is 10.6 Å². The van der Waals surface area contributed by atoms with Crippen LogP contribution in [-0.2, 0) is 17.2 Å². The summed E-state index contributed by atoms with van der Waals surface area (Å²) >= 11 is 7.41. The number of alkyl halides is 1. The molecular formula is C16H20ClNOS. The highest BCUT2D eigenvalue weighted by atomic mass is 35.5. The van der Waals surface area contributed by atoms with E-state index >= 15 is 0 Å². The average molecular weight is 310 g/mol. The van der Waals surface area contributed by atoms with Gasteiger partial charge in [0.25, 0.3) is 0 Å². The number of aromatic nitrogens is 1. The molecule has 0 bridgehead atoms. The monoisotopic (exact) mass is 309 g/mol. The van der Waals surface area contributed by atoms with E-state index in [0.29, 0.717) is 12.5 Å². The molecular weight excluding hydrogens is 290 g/mol. The smallest absolute Gasteiger partial charge is 0.123 e. The Labute approximate surface area is 129 Å². The van der Waals surface area contributed by atoms with Gasteiger partial charge >= 0.3 is 0 Å². The van der Waals surface area contributed by atoms with E-state index in [2.05, 4.69) is 36.2 Å². The van der Waals surface area contributed by atoms with Crippen molar-refractivity contribution >= 4 is 22.9 Å². The van der Waals surface area contributed by atoms with Gasteiger partial charge in [-0.05, 0) is 12.0 Å². The van der Waals surface area contributed by atoms with E-state index in [4.69, 9.17) is 16.3 Å². The number of rotatable bonds is 8. The molecule has 108 valence electrons. The first-order valence-electron chi connectivity index (χ1n) is 7.01. The summed E-state index contributed by atoms with van der Waals surface area (Å²) in [5.41, 5.74) is 3.29. The van der Waals surface area contributed by atoms with Crippen LogP contribution in [0.4, 0.5) is 0 Å². The standard InChI is InChI=1S/C16H20ClNOS/c1-2-3-4-9-19-11-13-5-7-14(8-6-13)16-18-15(10-17)12-20-16/h5-8,12H,2-4,9-11H2,1H3. The lowest BCUT2D eigenvalue weighted by Crippen LogP contribution is -1.95. The minimum absolute atomic E-state index is 0.472. The second-order valence-electron chi connectivity index (χ2n) is 4.73. The van der Waals surface area contributed by atoms with Crippen LogP contribution in [0.15, 0.2) is 29.6 Å². The first-order chi connectivity index (χ1) is 9.83. The fraction of sp³-hybridized carbons (Fsp3) is 0.438. The minimum atomic E-state index is 0.472. The zero-order valence-corrected chi connectivity index (χ0v) is 13.3. The molecule has 2 rings (SSSR count). The predicted octanol–water partition coefficient (Wildman–Crippen LogP) is 5.26. The quantitative estimate of drug-likeness (QED) is 0.490. The van der Waals surface area contributed by atoms with Crippen LogP contribution in [0.5, 0.6) is 0 Å². The second kappa shape index (κ2) is 8.40. The Bertz CT molecular complexity index is 509. The third-order valence-electron chi connectivity index (χ3n) is 3.05. The van der Waals surface area contributed by atoms with Crippen LogP contribution in [0, 0.1) is 0 Å². The molecule has 0 atom stereocenters. The normalized spacial score (nSPS) is 10.9. The van der Waals surface area contributed by atoms with Gasteiger partial charge in [-0.1, -0.05) is 44.0 Å². The van der Waals surface area contributed by atoms with Gasteiger partial charge in [0.15, 0.2) is 0 Å². The molecule has 0 aliphatic rings. The number of thiazole rings is 1. The summed E-state index contributed by atoms with van der Waals surface area (Å²) in [7, 11) is 0. The van der Waals surface area contributed by atoms with Crippen LogP contribution in [0.3, 0.4) is 0 Å². The van der Waals surface area contributed by atoms with Crippen molar-refractivity contribution in [1.82, 2.24) is 4.98 Å². The van der Waals surface area contributed by atoms with Crippen molar-refractivity contribution in [2.75, 3.05) is 6.61 Å². The third kappa shape index (κ3) is 4.58. The predicted molar refractivity (Wildman–Crippen MR) is 86.3 cm³/mol. The van der Waals surface area contributed by atoms with Gasteiger partial charge < -0.3 is 4.74 Å². The van der Waals surface area contributed by atoms with Gasteiger partial charge in [-0.15, -0.1) is 22.9 Å². The molecule has 0 spiro atoms. The fourth-order valence-corrected chi connectivity index (χ4v) is 2.94. The lowest BCUT2D eigenvalue weighted by Gasteiger charge is -2.04. The third-order valence-corrected chi connectivity index (χ3v) is 4.26. The molecule has 1 aromatic heterocycles. The fourth-order valence-electron chi connectivity index (χ4n) is 1.89. The van der Waals surface area contributed by atoms with Crippen molar-refractivity contribution in [2.45, 2.75) is 38.7 Å². The molecule has 0 N–H and O–H groups in total. The summed E-state index contributed by atoms with van der Waals surface area (Å²) < 4.78 is 5.66. The minimum Gasteiger partial charge on any atom is -0.377 e. The Balaban J connectivity index is 1.86. The first kappa shape index (κ1) is 15.5. The lowest BCUT2D eigenvalue weighted by atomic mass is 10.1. The van der Waals surface area contributed by atoms with Crippen LogP contribution < -0.4 is 0 Å². The van der Waals surface area contributed by atoms with E-state index in [1.807, 2.05) is 5.38 Å². The highest BCUT2D eigenvalue weighted by Crippen LogP contribution is 2.24. The van der Waals surface area contributed by atoms with E-state index < -0.39 is 0 Å². The molecule has 0 aliphatic heterocycles. The molecule has 20 heavy (non-hydrogen) atoms. The van der Waals surface area contributed by atoms with E-state index in [0.717, 1.165) is 29.3 Å². The summed E-state index contributed by atoms with van der Waals surface area (Å²) in [5.74, 6) is 0.472. The van der Waals surface area contributed by atoms with Crippen molar-refractivity contribution in [3.63, 3.8) is 0 Å². The van der Waals surface area contributed by atoms with E-state index in [1.165, 1.54) is 18.4 Å². The molecule has 0 radical (unpaired) electrons. The lowest BCUT2D eigenvalue weighted by molar-refractivity contribution is 0.117. The van der Waals surface area contributed by atoms with Gasteiger partial charge in [0, 0.05) is 17.6 Å². The van der Waals surface area contributed by atoms with Crippen LogP contribution in [-0.4, -0.2) is 11.6 Å². The molecule has 0 unspecified atom stereocenters. The SMILES string of the molecule is CCCCCOCc1ccc(-c2nc(CCl)cs2)cc1. The maximum absolute atomic E-state index is 5.77. The molecule has 2 aromatic rings. The molecule has 0 fully saturated rings. The number of halogens is 1. The van der Waals surface area contributed by atoms with Crippen molar-refractivity contribution in [3.8, 4) is 10.6 Å². The van der Waals surface area contributed by atoms with Gasteiger partial charge in [-0.3, -0.25) is 0 Å². The molecule has 0 saturated heterocycles. The van der Waals surface area contributed by atoms with Gasteiger partial charge in [-0.2, -0.15) is 0 Å². The molecule has 4 heteroatoms. The molecule has 0 saturated carbocycles. The Morgan fingerprint density at radius 1 is 1.20 bits per heavy atom. The van der Waals surface area contributed by atoms with Crippen LogP contribution >= 0.6 is 22.9 Å². The van der Waals surface area contributed by atoms with Gasteiger partial charge in [0.05, 0.1) is 18.2 Å².